The quantitative estimate of drug-likeness (QED) is 0.165. The zero-order valence-corrected chi connectivity index (χ0v) is 19.6. The predicted molar refractivity (Wildman–Crippen MR) is 120 cm³/mol. The van der Waals surface area contributed by atoms with Crippen LogP contribution in [0.25, 0.3) is 0 Å². The van der Waals surface area contributed by atoms with Gasteiger partial charge in [0.1, 0.15) is 0 Å². The van der Waals surface area contributed by atoms with Gasteiger partial charge in [-0.2, -0.15) is 0 Å². The number of allylic oxidation sites excluding steroid dienone is 4. The molecule has 1 aliphatic rings. The minimum Gasteiger partial charge on any atom is -0.469 e. The number of rotatable bonds is 14. The number of unbranched alkanes of at least 4 members (excludes halogenated alkanes) is 6. The van der Waals surface area contributed by atoms with E-state index in [1.165, 1.54) is 21.3 Å². The molecule has 0 bridgehead atoms. The van der Waals surface area contributed by atoms with E-state index in [4.69, 9.17) is 9.47 Å². The number of hydrogen-bond acceptors (Lipinski definition) is 6. The van der Waals surface area contributed by atoms with Gasteiger partial charge in [-0.1, -0.05) is 63.3 Å². The van der Waals surface area contributed by atoms with Crippen LogP contribution in [0.4, 0.5) is 0 Å². The average molecular weight is 437 g/mol. The first-order chi connectivity index (χ1) is 15.0. The van der Waals surface area contributed by atoms with E-state index in [2.05, 4.69) is 23.8 Å². The molecule has 1 rings (SSSR count). The van der Waals surface area contributed by atoms with Crippen molar-refractivity contribution in [2.75, 3.05) is 21.3 Å². The van der Waals surface area contributed by atoms with Gasteiger partial charge in [0.15, 0.2) is 0 Å². The third kappa shape index (κ3) is 9.28. The van der Waals surface area contributed by atoms with Crippen molar-refractivity contribution in [2.45, 2.75) is 71.1 Å². The lowest BCUT2D eigenvalue weighted by Gasteiger charge is -2.35. The molecule has 0 unspecified atom stereocenters. The van der Waals surface area contributed by atoms with Gasteiger partial charge in [-0.3, -0.25) is 14.4 Å². The predicted octanol–water partition coefficient (Wildman–Crippen LogP) is 5.02. The monoisotopic (exact) mass is 436 g/mol. The Morgan fingerprint density at radius 1 is 0.806 bits per heavy atom. The zero-order valence-electron chi connectivity index (χ0n) is 19.6. The Balaban J connectivity index is 2.64. The average Bonchev–Trinajstić information content (AvgIpc) is 2.80. The van der Waals surface area contributed by atoms with Crippen LogP contribution in [0.5, 0.6) is 0 Å². The maximum absolute atomic E-state index is 12.6. The molecule has 6 nitrogen and oxygen atoms in total. The summed E-state index contributed by atoms with van der Waals surface area (Å²) in [5, 5.41) is 0. The highest BCUT2D eigenvalue weighted by Crippen LogP contribution is 2.39. The fourth-order valence-electron chi connectivity index (χ4n) is 4.23. The second-order valence-electron chi connectivity index (χ2n) is 8.18. The normalized spacial score (nSPS) is 23.0. The summed E-state index contributed by atoms with van der Waals surface area (Å²) in [4.78, 5) is 36.3. The maximum Gasteiger partial charge on any atom is 0.310 e. The molecule has 0 aromatic rings. The SMILES string of the molecule is CCCC[C@H]1C=C[C@@H](/C=C\CCCCCCCC(=O)OC)[C@@H](C(=O)OC)[C@H]1C(=O)OC. The lowest BCUT2D eigenvalue weighted by atomic mass is 9.69. The summed E-state index contributed by atoms with van der Waals surface area (Å²) in [6.07, 6.45) is 17.7. The highest BCUT2D eigenvalue weighted by molar-refractivity contribution is 5.83. The smallest absolute Gasteiger partial charge is 0.310 e. The molecule has 0 saturated carbocycles. The van der Waals surface area contributed by atoms with Gasteiger partial charge in [0.25, 0.3) is 0 Å². The summed E-state index contributed by atoms with van der Waals surface area (Å²) >= 11 is 0. The van der Waals surface area contributed by atoms with Crippen LogP contribution in [-0.2, 0) is 28.6 Å². The van der Waals surface area contributed by atoms with Gasteiger partial charge >= 0.3 is 17.9 Å². The van der Waals surface area contributed by atoms with Crippen LogP contribution in [-0.4, -0.2) is 39.2 Å². The van der Waals surface area contributed by atoms with Crippen LogP contribution in [0.3, 0.4) is 0 Å². The minimum absolute atomic E-state index is 0.00820. The van der Waals surface area contributed by atoms with Crippen molar-refractivity contribution >= 4 is 17.9 Å². The fraction of sp³-hybridized carbons (Fsp3) is 0.720. The Morgan fingerprint density at radius 2 is 1.45 bits per heavy atom. The van der Waals surface area contributed by atoms with Gasteiger partial charge in [-0.15, -0.1) is 0 Å². The first-order valence-electron chi connectivity index (χ1n) is 11.6. The molecule has 0 radical (unpaired) electrons. The molecule has 176 valence electrons. The minimum atomic E-state index is -0.557. The van der Waals surface area contributed by atoms with E-state index in [1.807, 2.05) is 12.2 Å². The van der Waals surface area contributed by atoms with E-state index in [-0.39, 0.29) is 29.7 Å². The van der Waals surface area contributed by atoms with E-state index < -0.39 is 11.8 Å². The van der Waals surface area contributed by atoms with E-state index in [1.54, 1.807) is 0 Å². The van der Waals surface area contributed by atoms with E-state index in [0.29, 0.717) is 6.42 Å². The molecule has 0 fully saturated rings. The van der Waals surface area contributed by atoms with Crippen molar-refractivity contribution in [1.82, 2.24) is 0 Å². The lowest BCUT2D eigenvalue weighted by molar-refractivity contribution is -0.161. The van der Waals surface area contributed by atoms with Crippen LogP contribution in [0.1, 0.15) is 71.1 Å². The van der Waals surface area contributed by atoms with Crippen molar-refractivity contribution < 1.29 is 28.6 Å². The van der Waals surface area contributed by atoms with E-state index >= 15 is 0 Å². The number of ether oxygens (including phenoxy) is 3. The molecule has 0 amide bonds. The molecule has 0 N–H and O–H groups in total. The van der Waals surface area contributed by atoms with Crippen molar-refractivity contribution in [2.24, 2.45) is 23.7 Å². The first kappa shape index (κ1) is 26.9. The largest absolute Gasteiger partial charge is 0.469 e. The Labute approximate surface area is 187 Å². The Bertz CT molecular complexity index is 609. The van der Waals surface area contributed by atoms with Gasteiger partial charge in [-0.25, -0.2) is 0 Å². The molecular weight excluding hydrogens is 396 g/mol. The van der Waals surface area contributed by atoms with Crippen molar-refractivity contribution in [3.05, 3.63) is 24.3 Å². The molecule has 0 aliphatic heterocycles. The summed E-state index contributed by atoms with van der Waals surface area (Å²) in [5.74, 6) is -2.10. The molecule has 0 saturated heterocycles. The van der Waals surface area contributed by atoms with Crippen LogP contribution in [0, 0.1) is 23.7 Å². The summed E-state index contributed by atoms with van der Waals surface area (Å²) in [7, 11) is 4.17. The van der Waals surface area contributed by atoms with Gasteiger partial charge in [0, 0.05) is 12.3 Å². The van der Waals surface area contributed by atoms with Gasteiger partial charge in [-0.05, 0) is 31.6 Å². The van der Waals surface area contributed by atoms with Crippen LogP contribution < -0.4 is 0 Å². The number of hydrogen-bond donors (Lipinski definition) is 0. The standard InChI is InChI=1S/C25H40O6/c1-5-6-14-19-17-18-20(23(25(28)31-4)22(19)24(27)30-3)15-12-10-8-7-9-11-13-16-21(26)29-2/h12,15,17-20,22-23H,5-11,13-14,16H2,1-4H3/b15-12-/t19-,20+,22-,23+/m0/s1. The third-order valence-electron chi connectivity index (χ3n) is 6.02. The molecule has 0 aromatic heterocycles. The fourth-order valence-corrected chi connectivity index (χ4v) is 4.23. The molecular formula is C25H40O6. The molecule has 1 aliphatic carbocycles. The first-order valence-corrected chi connectivity index (χ1v) is 11.6. The van der Waals surface area contributed by atoms with Gasteiger partial charge in [0.2, 0.25) is 0 Å². The van der Waals surface area contributed by atoms with Gasteiger partial charge < -0.3 is 14.2 Å². The van der Waals surface area contributed by atoms with Gasteiger partial charge in [0.05, 0.1) is 33.2 Å². The van der Waals surface area contributed by atoms with E-state index in [9.17, 15) is 14.4 Å². The number of esters is 3. The van der Waals surface area contributed by atoms with Crippen molar-refractivity contribution in [3.63, 3.8) is 0 Å². The Kier molecular flexibility index (Phi) is 13.6. The van der Waals surface area contributed by atoms with Crippen LogP contribution >= 0.6 is 0 Å². The van der Waals surface area contributed by atoms with Crippen molar-refractivity contribution in [1.29, 1.82) is 0 Å². The number of methoxy groups -OCH3 is 3. The zero-order chi connectivity index (χ0) is 23.1. The number of carbonyl (C=O) groups excluding carboxylic acids is 3. The molecule has 0 heterocycles. The second kappa shape index (κ2) is 15.7. The van der Waals surface area contributed by atoms with E-state index in [0.717, 1.165) is 57.8 Å². The maximum atomic E-state index is 12.6. The molecule has 4 atom stereocenters. The van der Waals surface area contributed by atoms with Crippen molar-refractivity contribution in [3.8, 4) is 0 Å². The third-order valence-corrected chi connectivity index (χ3v) is 6.02. The molecule has 6 heteroatoms. The molecule has 31 heavy (non-hydrogen) atoms. The molecule has 0 aromatic carbocycles. The molecule has 0 spiro atoms. The Hall–Kier alpha value is -2.11. The number of carbonyl (C=O) groups is 3. The topological polar surface area (TPSA) is 78.9 Å². The second-order valence-corrected chi connectivity index (χ2v) is 8.18. The lowest BCUT2D eigenvalue weighted by Crippen LogP contribution is -2.42. The Morgan fingerprint density at radius 3 is 2.10 bits per heavy atom. The summed E-state index contributed by atoms with van der Waals surface area (Å²) in [6.45, 7) is 2.11. The summed E-state index contributed by atoms with van der Waals surface area (Å²) in [6, 6.07) is 0. The van der Waals surface area contributed by atoms with Crippen LogP contribution in [0.2, 0.25) is 0 Å². The summed E-state index contributed by atoms with van der Waals surface area (Å²) < 4.78 is 14.7. The highest BCUT2D eigenvalue weighted by atomic mass is 16.5. The van der Waals surface area contributed by atoms with Crippen LogP contribution in [0.15, 0.2) is 24.3 Å². The summed E-state index contributed by atoms with van der Waals surface area (Å²) in [5.41, 5.74) is 0. The highest BCUT2D eigenvalue weighted by Gasteiger charge is 2.45.